The Balaban J connectivity index is 2.27. The van der Waals surface area contributed by atoms with Crippen LogP contribution in [-0.4, -0.2) is 38.1 Å². The molecule has 0 radical (unpaired) electrons. The maximum atomic E-state index is 15.0. The monoisotopic (exact) mass is 480 g/mol. The number of fused-ring (bicyclic) bond motifs is 1. The van der Waals surface area contributed by atoms with Crippen LogP contribution in [0.1, 0.15) is 48.3 Å². The van der Waals surface area contributed by atoms with Crippen LogP contribution in [0.5, 0.6) is 5.75 Å². The third kappa shape index (κ3) is 3.97. The first-order chi connectivity index (χ1) is 15.7. The molecule has 0 aliphatic carbocycles. The molecular formula is C23H20F4N2O5. The predicted molar refractivity (Wildman–Crippen MR) is 113 cm³/mol. The van der Waals surface area contributed by atoms with Crippen molar-refractivity contribution in [3.63, 3.8) is 0 Å². The number of nitrogens with zero attached hydrogens (tertiary/aromatic N) is 1. The first kappa shape index (κ1) is 24.7. The molecule has 3 N–H and O–H groups in total. The summed E-state index contributed by atoms with van der Waals surface area (Å²) in [6.07, 6.45) is 0. The number of carbonyl (C=O) groups excluding carboxylic acids is 2. The Morgan fingerprint density at radius 2 is 1.65 bits per heavy atom. The summed E-state index contributed by atoms with van der Waals surface area (Å²) < 4.78 is 57.1. The van der Waals surface area contributed by atoms with Crippen LogP contribution in [0.4, 0.5) is 17.6 Å². The second-order valence-corrected chi connectivity index (χ2v) is 8.32. The summed E-state index contributed by atoms with van der Waals surface area (Å²) in [4.78, 5) is 37.4. The molecule has 0 fully saturated rings. The van der Waals surface area contributed by atoms with Crippen molar-refractivity contribution in [3.8, 4) is 5.75 Å². The van der Waals surface area contributed by atoms with Crippen molar-refractivity contribution in [2.45, 2.75) is 39.2 Å². The quantitative estimate of drug-likeness (QED) is 0.479. The van der Waals surface area contributed by atoms with E-state index < -0.39 is 63.6 Å². The SMILES string of the molecule is Cc1c(C(C)C(=O)NC(C)(C)C(=O)O)c2c(F)c(O)c(F)cc2n1C(=O)c1ccc(F)c(F)c1. The minimum absolute atomic E-state index is 0.0515. The Bertz CT molecular complexity index is 1360. The molecular weight excluding hydrogens is 460 g/mol. The number of halogens is 4. The van der Waals surface area contributed by atoms with Gasteiger partial charge in [-0.2, -0.15) is 0 Å². The Kier molecular flexibility index (Phi) is 6.17. The van der Waals surface area contributed by atoms with Gasteiger partial charge in [0.05, 0.1) is 11.4 Å². The van der Waals surface area contributed by atoms with E-state index in [-0.39, 0.29) is 22.3 Å². The fraction of sp³-hybridized carbons (Fsp3) is 0.261. The second-order valence-electron chi connectivity index (χ2n) is 8.32. The molecule has 0 saturated heterocycles. The number of nitrogens with one attached hydrogen (secondary N) is 1. The van der Waals surface area contributed by atoms with Gasteiger partial charge in [0.1, 0.15) is 5.54 Å². The maximum Gasteiger partial charge on any atom is 0.328 e. The lowest BCUT2D eigenvalue weighted by atomic mass is 9.95. The zero-order valence-corrected chi connectivity index (χ0v) is 18.5. The Labute approximate surface area is 190 Å². The number of amides is 1. The Morgan fingerprint density at radius 3 is 2.21 bits per heavy atom. The molecule has 34 heavy (non-hydrogen) atoms. The van der Waals surface area contributed by atoms with Crippen LogP contribution in [0, 0.1) is 30.2 Å². The highest BCUT2D eigenvalue weighted by Gasteiger charge is 2.35. The summed E-state index contributed by atoms with van der Waals surface area (Å²) in [5.74, 6) is -11.1. The number of carboxylic acids is 1. The van der Waals surface area contributed by atoms with E-state index in [1.165, 1.54) is 27.7 Å². The van der Waals surface area contributed by atoms with Gasteiger partial charge in [0, 0.05) is 22.7 Å². The van der Waals surface area contributed by atoms with Crippen LogP contribution in [0.2, 0.25) is 0 Å². The number of aliphatic carboxylic acids is 1. The van der Waals surface area contributed by atoms with Gasteiger partial charge in [0.2, 0.25) is 5.91 Å². The number of aromatic hydroxyl groups is 1. The van der Waals surface area contributed by atoms with E-state index in [9.17, 15) is 37.8 Å². The molecule has 0 bridgehead atoms. The zero-order valence-electron chi connectivity index (χ0n) is 18.5. The summed E-state index contributed by atoms with van der Waals surface area (Å²) in [6, 6.07) is 2.97. The van der Waals surface area contributed by atoms with E-state index in [0.29, 0.717) is 18.2 Å². The molecule has 11 heteroatoms. The molecule has 1 aromatic heterocycles. The van der Waals surface area contributed by atoms with Crippen molar-refractivity contribution in [2.24, 2.45) is 0 Å². The van der Waals surface area contributed by atoms with Crippen LogP contribution in [-0.2, 0) is 9.59 Å². The third-order valence-corrected chi connectivity index (χ3v) is 5.57. The minimum atomic E-state index is -1.69. The zero-order chi connectivity index (χ0) is 25.7. The molecule has 1 amide bonds. The summed E-state index contributed by atoms with van der Waals surface area (Å²) in [5, 5.41) is 20.9. The topological polar surface area (TPSA) is 109 Å². The highest BCUT2D eigenvalue weighted by molar-refractivity contribution is 6.06. The number of hydrogen-bond acceptors (Lipinski definition) is 4. The third-order valence-electron chi connectivity index (χ3n) is 5.57. The summed E-state index contributed by atoms with van der Waals surface area (Å²) in [7, 11) is 0. The van der Waals surface area contributed by atoms with Gasteiger partial charge in [-0.3, -0.25) is 14.2 Å². The van der Waals surface area contributed by atoms with E-state index in [1.807, 2.05) is 0 Å². The molecule has 0 aliphatic rings. The fourth-order valence-electron chi connectivity index (χ4n) is 3.66. The number of phenolic OH excluding ortho intramolecular Hbond substituents is 1. The van der Waals surface area contributed by atoms with Crippen LogP contribution in [0.25, 0.3) is 10.9 Å². The number of aromatic nitrogens is 1. The van der Waals surface area contributed by atoms with Crippen molar-refractivity contribution in [1.82, 2.24) is 9.88 Å². The molecule has 0 aliphatic heterocycles. The highest BCUT2D eigenvalue weighted by atomic mass is 19.2. The van der Waals surface area contributed by atoms with E-state index in [1.54, 1.807) is 0 Å². The van der Waals surface area contributed by atoms with Gasteiger partial charge in [0.15, 0.2) is 29.0 Å². The van der Waals surface area contributed by atoms with E-state index >= 15 is 4.39 Å². The number of benzene rings is 2. The van der Waals surface area contributed by atoms with Gasteiger partial charge in [-0.15, -0.1) is 0 Å². The summed E-state index contributed by atoms with van der Waals surface area (Å²) >= 11 is 0. The standard InChI is InChI=1S/C23H20F4N2O5/c1-9(20(31)28-23(3,4)22(33)34)16-10(2)29(15-8-14(26)19(30)18(27)17(15)16)21(32)11-5-6-12(24)13(25)7-11/h5-9,30H,1-4H3,(H,28,31)(H,33,34). The molecule has 0 saturated carbocycles. The van der Waals surface area contributed by atoms with Gasteiger partial charge in [0.25, 0.3) is 5.91 Å². The largest absolute Gasteiger partial charge is 0.503 e. The lowest BCUT2D eigenvalue weighted by Gasteiger charge is -2.23. The number of phenols is 1. The smallest absolute Gasteiger partial charge is 0.328 e. The lowest BCUT2D eigenvalue weighted by molar-refractivity contribution is -0.146. The summed E-state index contributed by atoms with van der Waals surface area (Å²) in [6.45, 7) is 5.07. The van der Waals surface area contributed by atoms with Crippen molar-refractivity contribution < 1.29 is 42.2 Å². The van der Waals surface area contributed by atoms with Gasteiger partial charge in [-0.05, 0) is 51.5 Å². The number of carbonyl (C=O) groups is 3. The lowest BCUT2D eigenvalue weighted by Crippen LogP contribution is -2.50. The average molecular weight is 480 g/mol. The van der Waals surface area contributed by atoms with Crippen molar-refractivity contribution >= 4 is 28.7 Å². The van der Waals surface area contributed by atoms with Gasteiger partial charge >= 0.3 is 5.97 Å². The van der Waals surface area contributed by atoms with Crippen molar-refractivity contribution in [3.05, 3.63) is 64.4 Å². The van der Waals surface area contributed by atoms with Gasteiger partial charge in [-0.25, -0.2) is 22.4 Å². The minimum Gasteiger partial charge on any atom is -0.503 e. The molecule has 0 spiro atoms. The molecule has 180 valence electrons. The molecule has 7 nitrogen and oxygen atoms in total. The van der Waals surface area contributed by atoms with Crippen molar-refractivity contribution in [1.29, 1.82) is 0 Å². The maximum absolute atomic E-state index is 15.0. The van der Waals surface area contributed by atoms with E-state index in [4.69, 9.17) is 0 Å². The predicted octanol–water partition coefficient (Wildman–Crippen LogP) is 3.98. The molecule has 1 atom stereocenters. The second kappa shape index (κ2) is 8.47. The first-order valence-electron chi connectivity index (χ1n) is 9.96. The highest BCUT2D eigenvalue weighted by Crippen LogP contribution is 2.38. The van der Waals surface area contributed by atoms with Crippen LogP contribution < -0.4 is 5.32 Å². The van der Waals surface area contributed by atoms with Crippen LogP contribution in [0.3, 0.4) is 0 Å². The first-order valence-corrected chi connectivity index (χ1v) is 9.96. The fourth-order valence-corrected chi connectivity index (χ4v) is 3.66. The van der Waals surface area contributed by atoms with Crippen LogP contribution >= 0.6 is 0 Å². The van der Waals surface area contributed by atoms with Gasteiger partial charge in [-0.1, -0.05) is 0 Å². The Morgan fingerprint density at radius 1 is 1.03 bits per heavy atom. The number of hydrogen-bond donors (Lipinski definition) is 3. The van der Waals surface area contributed by atoms with E-state index in [0.717, 1.165) is 10.6 Å². The van der Waals surface area contributed by atoms with Gasteiger partial charge < -0.3 is 15.5 Å². The summed E-state index contributed by atoms with van der Waals surface area (Å²) in [5.41, 5.74) is -2.58. The molecule has 3 aromatic rings. The normalized spacial score (nSPS) is 12.6. The Hall–Kier alpha value is -3.89. The van der Waals surface area contributed by atoms with E-state index in [2.05, 4.69) is 5.32 Å². The number of carboxylic acid groups (broad SMARTS) is 1. The van der Waals surface area contributed by atoms with Crippen molar-refractivity contribution in [2.75, 3.05) is 0 Å². The molecule has 1 heterocycles. The van der Waals surface area contributed by atoms with Crippen LogP contribution in [0.15, 0.2) is 24.3 Å². The average Bonchev–Trinajstić information content (AvgIpc) is 3.04. The number of rotatable bonds is 5. The molecule has 2 aromatic carbocycles. The molecule has 1 unspecified atom stereocenters. The molecule has 3 rings (SSSR count).